The molecule has 15 heavy (non-hydrogen) atoms. The molecule has 1 fully saturated rings. The van der Waals surface area contributed by atoms with Crippen molar-refractivity contribution in [1.29, 1.82) is 0 Å². The highest BCUT2D eigenvalue weighted by atomic mass is 16.5. The first-order chi connectivity index (χ1) is 7.13. The van der Waals surface area contributed by atoms with Crippen LogP contribution in [0, 0.1) is 5.92 Å². The van der Waals surface area contributed by atoms with Crippen molar-refractivity contribution in [2.45, 2.75) is 58.6 Å². The van der Waals surface area contributed by atoms with Crippen LogP contribution in [0.2, 0.25) is 0 Å². The molecular weight excluding hydrogens is 186 g/mol. The van der Waals surface area contributed by atoms with Crippen LogP contribution in [0.3, 0.4) is 0 Å². The lowest BCUT2D eigenvalue weighted by Gasteiger charge is -2.35. The fourth-order valence-electron chi connectivity index (χ4n) is 2.61. The van der Waals surface area contributed by atoms with Crippen molar-refractivity contribution in [3.8, 4) is 0 Å². The van der Waals surface area contributed by atoms with Crippen LogP contribution in [0.15, 0.2) is 0 Å². The number of hydrogen-bond acceptors (Lipinski definition) is 2. The average Bonchev–Trinajstić information content (AvgIpc) is 2.18. The lowest BCUT2D eigenvalue weighted by Crippen LogP contribution is -2.38. The van der Waals surface area contributed by atoms with Crippen molar-refractivity contribution < 1.29 is 4.74 Å². The zero-order chi connectivity index (χ0) is 11.3. The van der Waals surface area contributed by atoms with Crippen molar-refractivity contribution in [2.24, 2.45) is 5.92 Å². The predicted molar refractivity (Wildman–Crippen MR) is 65.1 cm³/mol. The molecule has 0 unspecified atom stereocenters. The SMILES string of the molecule is CCO[C@H]1CC[C@H](N(C)CC(C)C)CC1. The van der Waals surface area contributed by atoms with Gasteiger partial charge in [0.05, 0.1) is 6.10 Å². The summed E-state index contributed by atoms with van der Waals surface area (Å²) < 4.78 is 5.67. The van der Waals surface area contributed by atoms with E-state index in [4.69, 9.17) is 4.74 Å². The molecule has 0 radical (unpaired) electrons. The van der Waals surface area contributed by atoms with Crippen LogP contribution in [0.4, 0.5) is 0 Å². The molecule has 0 aromatic carbocycles. The monoisotopic (exact) mass is 213 g/mol. The van der Waals surface area contributed by atoms with E-state index in [9.17, 15) is 0 Å². The van der Waals surface area contributed by atoms with Crippen LogP contribution in [0.5, 0.6) is 0 Å². The van der Waals surface area contributed by atoms with Gasteiger partial charge in [-0.2, -0.15) is 0 Å². The predicted octanol–water partition coefficient (Wildman–Crippen LogP) is 2.92. The van der Waals surface area contributed by atoms with Crippen LogP contribution >= 0.6 is 0 Å². The van der Waals surface area contributed by atoms with Crippen LogP contribution in [-0.4, -0.2) is 37.2 Å². The summed E-state index contributed by atoms with van der Waals surface area (Å²) in [5.74, 6) is 0.777. The second-order valence-electron chi connectivity index (χ2n) is 5.22. The van der Waals surface area contributed by atoms with Gasteiger partial charge in [-0.1, -0.05) is 13.8 Å². The fourth-order valence-corrected chi connectivity index (χ4v) is 2.61. The molecule has 90 valence electrons. The Morgan fingerprint density at radius 3 is 2.27 bits per heavy atom. The van der Waals surface area contributed by atoms with E-state index < -0.39 is 0 Å². The minimum absolute atomic E-state index is 0.540. The molecule has 0 aliphatic heterocycles. The van der Waals surface area contributed by atoms with Gasteiger partial charge in [-0.25, -0.2) is 0 Å². The van der Waals surface area contributed by atoms with Crippen molar-refractivity contribution in [3.05, 3.63) is 0 Å². The molecule has 0 aromatic heterocycles. The first-order valence-corrected chi connectivity index (χ1v) is 6.45. The first-order valence-electron chi connectivity index (χ1n) is 6.45. The summed E-state index contributed by atoms with van der Waals surface area (Å²) in [5.41, 5.74) is 0. The van der Waals surface area contributed by atoms with Crippen molar-refractivity contribution >= 4 is 0 Å². The molecule has 1 aliphatic rings. The molecule has 1 aliphatic carbocycles. The Hall–Kier alpha value is -0.0800. The summed E-state index contributed by atoms with van der Waals surface area (Å²) in [7, 11) is 2.27. The maximum Gasteiger partial charge on any atom is 0.0576 e. The molecule has 2 nitrogen and oxygen atoms in total. The van der Waals surface area contributed by atoms with E-state index in [-0.39, 0.29) is 0 Å². The maximum absolute atomic E-state index is 5.67. The standard InChI is InChI=1S/C13H27NO/c1-5-15-13-8-6-12(7-9-13)14(4)10-11(2)3/h11-13H,5-10H2,1-4H3/t12-,13-. The van der Waals surface area contributed by atoms with Crippen LogP contribution in [0.1, 0.15) is 46.5 Å². The Labute approximate surface area is 95.0 Å². The van der Waals surface area contributed by atoms with Gasteiger partial charge in [0.2, 0.25) is 0 Å². The second-order valence-corrected chi connectivity index (χ2v) is 5.22. The highest BCUT2D eigenvalue weighted by Gasteiger charge is 2.24. The third-order valence-electron chi connectivity index (χ3n) is 3.32. The van der Waals surface area contributed by atoms with Crippen molar-refractivity contribution in [1.82, 2.24) is 4.90 Å². The van der Waals surface area contributed by atoms with Gasteiger partial charge in [-0.15, -0.1) is 0 Å². The molecule has 0 N–H and O–H groups in total. The van der Waals surface area contributed by atoms with Crippen molar-refractivity contribution in [2.75, 3.05) is 20.2 Å². The topological polar surface area (TPSA) is 12.5 Å². The van der Waals surface area contributed by atoms with E-state index in [0.717, 1.165) is 18.6 Å². The number of nitrogens with zero attached hydrogens (tertiary/aromatic N) is 1. The van der Waals surface area contributed by atoms with Gasteiger partial charge in [0, 0.05) is 19.2 Å². The Bertz CT molecular complexity index is 162. The zero-order valence-corrected chi connectivity index (χ0v) is 10.8. The van der Waals surface area contributed by atoms with Gasteiger partial charge in [-0.3, -0.25) is 0 Å². The van der Waals surface area contributed by atoms with E-state index in [0.29, 0.717) is 6.10 Å². The van der Waals surface area contributed by atoms with E-state index in [1.807, 2.05) is 0 Å². The molecule has 0 atom stereocenters. The molecule has 0 spiro atoms. The van der Waals surface area contributed by atoms with Gasteiger partial charge < -0.3 is 9.64 Å². The Morgan fingerprint density at radius 1 is 1.20 bits per heavy atom. The quantitative estimate of drug-likeness (QED) is 0.696. The zero-order valence-electron chi connectivity index (χ0n) is 10.8. The van der Waals surface area contributed by atoms with Crippen LogP contribution in [-0.2, 0) is 4.74 Å². The summed E-state index contributed by atoms with van der Waals surface area (Å²) in [5, 5.41) is 0. The minimum atomic E-state index is 0.540. The average molecular weight is 213 g/mol. The molecule has 1 rings (SSSR count). The van der Waals surface area contributed by atoms with Crippen LogP contribution < -0.4 is 0 Å². The van der Waals surface area contributed by atoms with Crippen molar-refractivity contribution in [3.63, 3.8) is 0 Å². The third-order valence-corrected chi connectivity index (χ3v) is 3.32. The lowest BCUT2D eigenvalue weighted by molar-refractivity contribution is 0.0160. The number of hydrogen-bond donors (Lipinski definition) is 0. The summed E-state index contributed by atoms with van der Waals surface area (Å²) in [6.07, 6.45) is 5.67. The van der Waals surface area contributed by atoms with Gasteiger partial charge in [0.1, 0.15) is 0 Å². The molecule has 2 heteroatoms. The minimum Gasteiger partial charge on any atom is -0.379 e. The molecular formula is C13H27NO. The highest BCUT2D eigenvalue weighted by Crippen LogP contribution is 2.24. The maximum atomic E-state index is 5.67. The third kappa shape index (κ3) is 4.52. The van der Waals surface area contributed by atoms with E-state index in [2.05, 4.69) is 32.7 Å². The second kappa shape index (κ2) is 6.49. The van der Waals surface area contributed by atoms with E-state index in [1.165, 1.54) is 32.2 Å². The Kier molecular flexibility index (Phi) is 5.62. The summed E-state index contributed by atoms with van der Waals surface area (Å²) in [4.78, 5) is 2.53. The molecule has 0 aromatic rings. The first kappa shape index (κ1) is 13.0. The lowest BCUT2D eigenvalue weighted by atomic mass is 9.91. The van der Waals surface area contributed by atoms with Crippen LogP contribution in [0.25, 0.3) is 0 Å². The highest BCUT2D eigenvalue weighted by molar-refractivity contribution is 4.78. The largest absolute Gasteiger partial charge is 0.379 e. The number of ether oxygens (including phenoxy) is 1. The van der Waals surface area contributed by atoms with Gasteiger partial charge in [-0.05, 0) is 45.6 Å². The Balaban J connectivity index is 2.24. The number of rotatable bonds is 5. The van der Waals surface area contributed by atoms with Gasteiger partial charge in [0.15, 0.2) is 0 Å². The molecule has 1 saturated carbocycles. The smallest absolute Gasteiger partial charge is 0.0576 e. The normalized spacial score (nSPS) is 27.6. The van der Waals surface area contributed by atoms with E-state index in [1.54, 1.807) is 0 Å². The molecule has 0 heterocycles. The molecule has 0 bridgehead atoms. The molecule has 0 saturated heterocycles. The summed E-state index contributed by atoms with van der Waals surface area (Å²) in [6.45, 7) is 8.78. The Morgan fingerprint density at radius 2 is 1.80 bits per heavy atom. The van der Waals surface area contributed by atoms with Gasteiger partial charge in [0.25, 0.3) is 0 Å². The molecule has 0 amide bonds. The fraction of sp³-hybridized carbons (Fsp3) is 1.00. The van der Waals surface area contributed by atoms with Gasteiger partial charge >= 0.3 is 0 Å². The summed E-state index contributed by atoms with van der Waals surface area (Å²) >= 11 is 0. The summed E-state index contributed by atoms with van der Waals surface area (Å²) in [6, 6.07) is 0.795. The van der Waals surface area contributed by atoms with E-state index >= 15 is 0 Å².